The van der Waals surface area contributed by atoms with Crippen molar-refractivity contribution in [2.45, 2.75) is 12.6 Å². The smallest absolute Gasteiger partial charge is 0.466 e. The van der Waals surface area contributed by atoms with Crippen LogP contribution in [0.5, 0.6) is 0 Å². The predicted molar refractivity (Wildman–Crippen MR) is 84.3 cm³/mol. The number of fused-ring (bicyclic) bond motifs is 1. The molecule has 0 saturated heterocycles. The number of nitrogens with zero attached hydrogens (tertiary/aromatic N) is 1. The average molecular weight is 372 g/mol. The molecule has 0 radical (unpaired) electrons. The van der Waals surface area contributed by atoms with Gasteiger partial charge in [0.05, 0.1) is 20.3 Å². The number of hydrogen-bond donors (Lipinski definition) is 1. The van der Waals surface area contributed by atoms with Gasteiger partial charge in [0, 0.05) is 17.9 Å². The number of rotatable bonds is 4. The minimum absolute atomic E-state index is 0.0982. The van der Waals surface area contributed by atoms with Gasteiger partial charge in [-0.05, 0) is 30.2 Å². The zero-order valence-corrected chi connectivity index (χ0v) is 13.8. The lowest BCUT2D eigenvalue weighted by Crippen LogP contribution is -2.40. The predicted octanol–water partition coefficient (Wildman–Crippen LogP) is 1.78. The summed E-state index contributed by atoms with van der Waals surface area (Å²) >= 11 is 0. The highest BCUT2D eigenvalue weighted by atomic mass is 19.4. The maximum Gasteiger partial charge on any atom is 0.471 e. The number of halogens is 3. The first-order chi connectivity index (χ1) is 12.2. The standard InChI is InChI=1S/C16H15F3N2O5/c1-25-13(22)8-11(14(23)26-2)20-10-3-4-12-9(7-10)5-6-21(12)15(24)16(17,18)19/h3-4,7-8,20H,5-6H2,1-2H3/b11-8+. The average Bonchev–Trinajstić information content (AvgIpc) is 3.01. The van der Waals surface area contributed by atoms with E-state index in [0.717, 1.165) is 20.3 Å². The van der Waals surface area contributed by atoms with Crippen molar-refractivity contribution >= 4 is 29.2 Å². The molecule has 1 aliphatic rings. The van der Waals surface area contributed by atoms with Gasteiger partial charge in [-0.1, -0.05) is 0 Å². The molecule has 0 fully saturated rings. The molecule has 7 nitrogen and oxygen atoms in total. The quantitative estimate of drug-likeness (QED) is 0.641. The minimum atomic E-state index is -4.96. The molecule has 1 N–H and O–H groups in total. The Morgan fingerprint density at radius 3 is 2.46 bits per heavy atom. The molecule has 0 aromatic heterocycles. The fourth-order valence-electron chi connectivity index (χ4n) is 2.43. The molecule has 1 aromatic rings. The molecule has 0 bridgehead atoms. The van der Waals surface area contributed by atoms with Gasteiger partial charge in [-0.25, -0.2) is 9.59 Å². The van der Waals surface area contributed by atoms with Gasteiger partial charge in [0.15, 0.2) is 0 Å². The Kier molecular flexibility index (Phi) is 5.53. The number of amides is 1. The number of nitrogens with one attached hydrogen (secondary N) is 1. The van der Waals surface area contributed by atoms with Crippen LogP contribution < -0.4 is 10.2 Å². The van der Waals surface area contributed by atoms with Crippen molar-refractivity contribution in [2.75, 3.05) is 31.0 Å². The molecule has 0 unspecified atom stereocenters. The molecule has 2 rings (SSSR count). The van der Waals surface area contributed by atoms with Crippen LogP contribution in [-0.4, -0.2) is 44.8 Å². The van der Waals surface area contributed by atoms with Crippen LogP contribution in [0.2, 0.25) is 0 Å². The van der Waals surface area contributed by atoms with Crippen molar-refractivity contribution in [3.8, 4) is 0 Å². The van der Waals surface area contributed by atoms with Gasteiger partial charge >= 0.3 is 24.0 Å². The zero-order valence-electron chi connectivity index (χ0n) is 13.8. The van der Waals surface area contributed by atoms with E-state index in [-0.39, 0.29) is 24.4 Å². The number of ether oxygens (including phenoxy) is 2. The molecule has 1 aliphatic heterocycles. The van der Waals surface area contributed by atoms with E-state index in [1.807, 2.05) is 0 Å². The Morgan fingerprint density at radius 2 is 1.88 bits per heavy atom. The second-order valence-corrected chi connectivity index (χ2v) is 5.25. The normalized spacial score (nSPS) is 13.9. The highest BCUT2D eigenvalue weighted by Gasteiger charge is 2.44. The topological polar surface area (TPSA) is 84.9 Å². The number of esters is 2. The molecule has 0 aliphatic carbocycles. The largest absolute Gasteiger partial charge is 0.471 e. The summed E-state index contributed by atoms with van der Waals surface area (Å²) in [5.41, 5.74) is 0.774. The molecular weight excluding hydrogens is 357 g/mol. The maximum atomic E-state index is 12.6. The molecule has 10 heteroatoms. The molecule has 1 aromatic carbocycles. The first-order valence-electron chi connectivity index (χ1n) is 7.34. The summed E-state index contributed by atoms with van der Waals surface area (Å²) < 4.78 is 46.9. The van der Waals surface area contributed by atoms with Crippen LogP contribution in [0.4, 0.5) is 24.5 Å². The highest BCUT2D eigenvalue weighted by molar-refractivity contribution is 6.00. The van der Waals surface area contributed by atoms with Gasteiger partial charge in [-0.15, -0.1) is 0 Å². The van der Waals surface area contributed by atoms with Crippen molar-refractivity contribution < 1.29 is 37.0 Å². The van der Waals surface area contributed by atoms with Gasteiger partial charge in [0.1, 0.15) is 5.70 Å². The number of carbonyl (C=O) groups excluding carboxylic acids is 3. The molecule has 0 spiro atoms. The van der Waals surface area contributed by atoms with E-state index in [0.29, 0.717) is 16.2 Å². The molecule has 0 saturated carbocycles. The van der Waals surface area contributed by atoms with Gasteiger partial charge in [-0.3, -0.25) is 4.79 Å². The van der Waals surface area contributed by atoms with Crippen LogP contribution in [0.1, 0.15) is 5.56 Å². The van der Waals surface area contributed by atoms with Crippen molar-refractivity contribution in [1.82, 2.24) is 0 Å². The van der Waals surface area contributed by atoms with Crippen LogP contribution in [0.25, 0.3) is 0 Å². The van der Waals surface area contributed by atoms with E-state index in [9.17, 15) is 27.6 Å². The van der Waals surface area contributed by atoms with Crippen LogP contribution >= 0.6 is 0 Å². The Labute approximate surface area is 146 Å². The molecule has 0 atom stereocenters. The lowest BCUT2D eigenvalue weighted by atomic mass is 10.1. The van der Waals surface area contributed by atoms with E-state index in [2.05, 4.69) is 14.8 Å². The van der Waals surface area contributed by atoms with Crippen molar-refractivity contribution in [1.29, 1.82) is 0 Å². The highest BCUT2D eigenvalue weighted by Crippen LogP contribution is 2.33. The number of methoxy groups -OCH3 is 2. The first-order valence-corrected chi connectivity index (χ1v) is 7.34. The fourth-order valence-corrected chi connectivity index (χ4v) is 2.43. The fraction of sp³-hybridized carbons (Fsp3) is 0.312. The zero-order chi connectivity index (χ0) is 19.5. The third kappa shape index (κ3) is 4.13. The summed E-state index contributed by atoms with van der Waals surface area (Å²) in [6.45, 7) is -0.0982. The molecule has 26 heavy (non-hydrogen) atoms. The lowest BCUT2D eigenvalue weighted by Gasteiger charge is -2.19. The van der Waals surface area contributed by atoms with Crippen LogP contribution in [0.3, 0.4) is 0 Å². The summed E-state index contributed by atoms with van der Waals surface area (Å²) in [6.07, 6.45) is -3.85. The number of carbonyl (C=O) groups is 3. The van der Waals surface area contributed by atoms with Crippen molar-refractivity contribution in [3.05, 3.63) is 35.5 Å². The molecule has 140 valence electrons. The summed E-state index contributed by atoms with van der Waals surface area (Å²) in [5.74, 6) is -3.55. The Morgan fingerprint density at radius 1 is 1.19 bits per heavy atom. The van der Waals surface area contributed by atoms with E-state index < -0.39 is 24.0 Å². The Balaban J connectivity index is 2.26. The summed E-state index contributed by atoms with van der Waals surface area (Å²) in [4.78, 5) is 35.1. The summed E-state index contributed by atoms with van der Waals surface area (Å²) in [6, 6.07) is 4.21. The lowest BCUT2D eigenvalue weighted by molar-refractivity contribution is -0.170. The monoisotopic (exact) mass is 372 g/mol. The molecule has 1 amide bonds. The second kappa shape index (κ2) is 7.46. The Bertz CT molecular complexity index is 774. The van der Waals surface area contributed by atoms with Gasteiger partial charge in [0.2, 0.25) is 0 Å². The van der Waals surface area contributed by atoms with Gasteiger partial charge in [-0.2, -0.15) is 13.2 Å². The van der Waals surface area contributed by atoms with Gasteiger partial charge in [0.25, 0.3) is 0 Å². The second-order valence-electron chi connectivity index (χ2n) is 5.25. The third-order valence-corrected chi connectivity index (χ3v) is 3.61. The molecular formula is C16H15F3N2O5. The maximum absolute atomic E-state index is 12.6. The number of hydrogen-bond acceptors (Lipinski definition) is 6. The van der Waals surface area contributed by atoms with Crippen LogP contribution in [0.15, 0.2) is 30.0 Å². The van der Waals surface area contributed by atoms with E-state index >= 15 is 0 Å². The van der Waals surface area contributed by atoms with Crippen LogP contribution in [-0.2, 0) is 30.3 Å². The van der Waals surface area contributed by atoms with E-state index in [4.69, 9.17) is 0 Å². The number of benzene rings is 1. The SMILES string of the molecule is COC(=O)/C=C(/Nc1ccc2c(c1)CCN2C(=O)C(F)(F)F)C(=O)OC. The minimum Gasteiger partial charge on any atom is -0.466 e. The summed E-state index contributed by atoms with van der Waals surface area (Å²) in [5, 5.41) is 2.66. The van der Waals surface area contributed by atoms with Gasteiger partial charge < -0.3 is 19.7 Å². The Hall–Kier alpha value is -3.04. The molecule has 1 heterocycles. The van der Waals surface area contributed by atoms with Crippen LogP contribution in [0, 0.1) is 0 Å². The summed E-state index contributed by atoms with van der Waals surface area (Å²) in [7, 11) is 2.26. The van der Waals surface area contributed by atoms with Crippen molar-refractivity contribution in [2.24, 2.45) is 0 Å². The van der Waals surface area contributed by atoms with E-state index in [1.165, 1.54) is 18.2 Å². The number of alkyl halides is 3. The number of anilines is 2. The first kappa shape index (κ1) is 19.3. The third-order valence-electron chi connectivity index (χ3n) is 3.61. The van der Waals surface area contributed by atoms with Crippen molar-refractivity contribution in [3.63, 3.8) is 0 Å². The van der Waals surface area contributed by atoms with E-state index in [1.54, 1.807) is 0 Å².